The lowest BCUT2D eigenvalue weighted by Crippen LogP contribution is -2.01. The van der Waals surface area contributed by atoms with E-state index in [-0.39, 0.29) is 0 Å². The molecule has 4 heteroatoms. The summed E-state index contributed by atoms with van der Waals surface area (Å²) in [6, 6.07) is 4.07. The van der Waals surface area contributed by atoms with Gasteiger partial charge in [0.05, 0.1) is 9.75 Å². The smallest absolute Gasteiger partial charge is 0.137 e. The van der Waals surface area contributed by atoms with E-state index in [1.165, 1.54) is 0 Å². The van der Waals surface area contributed by atoms with Crippen LogP contribution in [-0.4, -0.2) is 10.9 Å². The van der Waals surface area contributed by atoms with Crippen LogP contribution >= 0.6 is 22.7 Å². The Bertz CT molecular complexity index is 454. The Kier molecular flexibility index (Phi) is 2.88. The molecule has 0 aliphatic carbocycles. The maximum atomic E-state index is 9.12. The molecule has 0 saturated heterocycles. The summed E-state index contributed by atoms with van der Waals surface area (Å²) in [4.78, 5) is 2.09. The molecule has 78 valence electrons. The van der Waals surface area contributed by atoms with Crippen LogP contribution in [0.3, 0.4) is 0 Å². The normalized spacial score (nSPS) is 10.3. The van der Waals surface area contributed by atoms with E-state index in [4.69, 9.17) is 5.21 Å². The molecule has 2 aromatic rings. The molecule has 2 heterocycles. The summed E-state index contributed by atoms with van der Waals surface area (Å²) >= 11 is 3.21. The third-order valence-corrected chi connectivity index (χ3v) is 4.30. The van der Waals surface area contributed by atoms with Crippen molar-refractivity contribution in [2.75, 3.05) is 0 Å². The Balaban J connectivity index is 2.52. The third kappa shape index (κ3) is 1.82. The highest BCUT2D eigenvalue weighted by Gasteiger charge is 2.14. The predicted octanol–water partition coefficient (Wildman–Crippen LogP) is 3.65. The first kappa shape index (κ1) is 10.4. The van der Waals surface area contributed by atoms with Gasteiger partial charge in [0, 0.05) is 0 Å². The highest BCUT2D eigenvalue weighted by Crippen LogP contribution is 2.25. The molecule has 0 unspecified atom stereocenters. The molecule has 2 nitrogen and oxygen atoms in total. The van der Waals surface area contributed by atoms with Crippen LogP contribution in [0, 0.1) is 13.8 Å². The van der Waals surface area contributed by atoms with Gasteiger partial charge >= 0.3 is 0 Å². The number of thiophene rings is 2. The number of oxime groups is 1. The van der Waals surface area contributed by atoms with E-state index in [0.717, 1.165) is 20.9 Å². The topological polar surface area (TPSA) is 32.6 Å². The van der Waals surface area contributed by atoms with Crippen molar-refractivity contribution in [3.8, 4) is 0 Å². The number of aryl methyl sites for hydroxylation is 2. The van der Waals surface area contributed by atoms with Crippen LogP contribution in [0.2, 0.25) is 0 Å². The highest BCUT2D eigenvalue weighted by atomic mass is 32.1. The molecule has 1 N–H and O–H groups in total. The van der Waals surface area contributed by atoms with Gasteiger partial charge in [-0.25, -0.2) is 0 Å². The van der Waals surface area contributed by atoms with Crippen LogP contribution in [0.4, 0.5) is 0 Å². The minimum atomic E-state index is 0.690. The molecule has 0 fully saturated rings. The van der Waals surface area contributed by atoms with Gasteiger partial charge in [0.1, 0.15) is 5.71 Å². The molecule has 2 aromatic heterocycles. The Hall–Kier alpha value is -1.13. The summed E-state index contributed by atoms with van der Waals surface area (Å²) in [5.41, 5.74) is 3.00. The fourth-order valence-corrected chi connectivity index (χ4v) is 3.32. The van der Waals surface area contributed by atoms with Crippen molar-refractivity contribution in [1.29, 1.82) is 0 Å². The quantitative estimate of drug-likeness (QED) is 0.482. The van der Waals surface area contributed by atoms with Crippen LogP contribution in [-0.2, 0) is 0 Å². The Labute approximate surface area is 96.5 Å². The van der Waals surface area contributed by atoms with Gasteiger partial charge in [-0.3, -0.25) is 0 Å². The molecule has 0 spiro atoms. The first-order chi connectivity index (χ1) is 7.24. The molecule has 0 radical (unpaired) electrons. The van der Waals surface area contributed by atoms with Crippen molar-refractivity contribution >= 4 is 28.4 Å². The lowest BCUT2D eigenvalue weighted by molar-refractivity contribution is 0.320. The van der Waals surface area contributed by atoms with Gasteiger partial charge in [-0.05, 0) is 47.9 Å². The summed E-state index contributed by atoms with van der Waals surface area (Å²) < 4.78 is 0. The summed E-state index contributed by atoms with van der Waals surface area (Å²) in [5.74, 6) is 0. The van der Waals surface area contributed by atoms with Gasteiger partial charge in [0.15, 0.2) is 0 Å². The van der Waals surface area contributed by atoms with Gasteiger partial charge in [0.25, 0.3) is 0 Å². The van der Waals surface area contributed by atoms with Crippen molar-refractivity contribution in [3.63, 3.8) is 0 Å². The molecule has 0 amide bonds. The van der Waals surface area contributed by atoms with E-state index in [2.05, 4.69) is 5.16 Å². The average molecular weight is 237 g/mol. The molecule has 15 heavy (non-hydrogen) atoms. The molecule has 2 rings (SSSR count). The van der Waals surface area contributed by atoms with E-state index in [1.807, 2.05) is 36.7 Å². The van der Waals surface area contributed by atoms with E-state index < -0.39 is 0 Å². The number of hydrogen-bond acceptors (Lipinski definition) is 4. The Morgan fingerprint density at radius 2 is 1.53 bits per heavy atom. The first-order valence-electron chi connectivity index (χ1n) is 4.55. The second kappa shape index (κ2) is 4.16. The second-order valence-electron chi connectivity index (χ2n) is 3.31. The molecule has 0 saturated carbocycles. The Morgan fingerprint density at radius 3 is 1.80 bits per heavy atom. The third-order valence-electron chi connectivity index (χ3n) is 2.25. The molecule has 0 aliphatic rings. The van der Waals surface area contributed by atoms with Crippen LogP contribution < -0.4 is 0 Å². The van der Waals surface area contributed by atoms with Crippen LogP contribution in [0.5, 0.6) is 0 Å². The second-order valence-corrected chi connectivity index (χ2v) is 5.15. The zero-order valence-electron chi connectivity index (χ0n) is 8.52. The largest absolute Gasteiger partial charge is 0.410 e. The van der Waals surface area contributed by atoms with Crippen LogP contribution in [0.1, 0.15) is 20.9 Å². The molecule has 0 atom stereocenters. The van der Waals surface area contributed by atoms with Crippen molar-refractivity contribution in [2.45, 2.75) is 13.8 Å². The molecular formula is C11H11NOS2. The Morgan fingerprint density at radius 1 is 1.07 bits per heavy atom. The standard InChI is InChI=1S/C11H11NOS2/c1-7-3-5-14-10(7)9(12-13)11-8(2)4-6-15-11/h3-6,13H,1-2H3. The SMILES string of the molecule is Cc1ccsc1C(=NO)c1sccc1C. The maximum Gasteiger partial charge on any atom is 0.137 e. The van der Waals surface area contributed by atoms with Gasteiger partial charge in [0.2, 0.25) is 0 Å². The van der Waals surface area contributed by atoms with Crippen LogP contribution in [0.25, 0.3) is 0 Å². The molecule has 0 aliphatic heterocycles. The maximum absolute atomic E-state index is 9.12. The van der Waals surface area contributed by atoms with Gasteiger partial charge in [-0.1, -0.05) is 5.16 Å². The van der Waals surface area contributed by atoms with Gasteiger partial charge in [-0.2, -0.15) is 0 Å². The lowest BCUT2D eigenvalue weighted by Gasteiger charge is -2.02. The van der Waals surface area contributed by atoms with Gasteiger partial charge < -0.3 is 5.21 Å². The van der Waals surface area contributed by atoms with E-state index >= 15 is 0 Å². The van der Waals surface area contributed by atoms with Crippen LogP contribution in [0.15, 0.2) is 28.0 Å². The van der Waals surface area contributed by atoms with E-state index in [0.29, 0.717) is 5.71 Å². The average Bonchev–Trinajstić information content (AvgIpc) is 2.80. The summed E-state index contributed by atoms with van der Waals surface area (Å²) in [6.45, 7) is 4.06. The summed E-state index contributed by atoms with van der Waals surface area (Å²) in [7, 11) is 0. The monoisotopic (exact) mass is 237 g/mol. The highest BCUT2D eigenvalue weighted by molar-refractivity contribution is 7.16. The lowest BCUT2D eigenvalue weighted by atomic mass is 10.1. The van der Waals surface area contributed by atoms with Crippen molar-refractivity contribution in [2.24, 2.45) is 5.16 Å². The first-order valence-corrected chi connectivity index (χ1v) is 6.31. The predicted molar refractivity (Wildman–Crippen MR) is 65.5 cm³/mol. The molecule has 0 aromatic carbocycles. The fraction of sp³-hybridized carbons (Fsp3) is 0.182. The van der Waals surface area contributed by atoms with Crippen molar-refractivity contribution < 1.29 is 5.21 Å². The minimum Gasteiger partial charge on any atom is -0.410 e. The van der Waals surface area contributed by atoms with Crippen molar-refractivity contribution in [3.05, 3.63) is 43.8 Å². The fourth-order valence-electron chi connectivity index (χ4n) is 1.42. The van der Waals surface area contributed by atoms with E-state index in [1.54, 1.807) is 22.7 Å². The summed E-state index contributed by atoms with van der Waals surface area (Å²) in [5, 5.41) is 16.6. The zero-order valence-corrected chi connectivity index (χ0v) is 10.2. The molecule has 0 bridgehead atoms. The van der Waals surface area contributed by atoms with E-state index in [9.17, 15) is 0 Å². The number of nitrogens with zero attached hydrogens (tertiary/aromatic N) is 1. The zero-order chi connectivity index (χ0) is 10.8. The summed E-state index contributed by atoms with van der Waals surface area (Å²) in [6.07, 6.45) is 0. The van der Waals surface area contributed by atoms with Gasteiger partial charge in [-0.15, -0.1) is 22.7 Å². The number of rotatable bonds is 2. The number of hydrogen-bond donors (Lipinski definition) is 1. The molecular weight excluding hydrogens is 226 g/mol. The minimum absolute atomic E-state index is 0.690. The van der Waals surface area contributed by atoms with Crippen molar-refractivity contribution in [1.82, 2.24) is 0 Å².